The van der Waals surface area contributed by atoms with Gasteiger partial charge >= 0.3 is 0 Å². The number of nitrogens with one attached hydrogen (secondary N) is 1. The molecule has 15 heavy (non-hydrogen) atoms. The van der Waals surface area contributed by atoms with Crippen LogP contribution in [0.2, 0.25) is 0 Å². The molecule has 0 fully saturated rings. The molecule has 0 aromatic heterocycles. The lowest BCUT2D eigenvalue weighted by Gasteiger charge is -2.05. The lowest BCUT2D eigenvalue weighted by atomic mass is 9.97. The van der Waals surface area contributed by atoms with Crippen molar-refractivity contribution in [1.29, 1.82) is 0 Å². The molecule has 1 N–H and O–H groups in total. The summed E-state index contributed by atoms with van der Waals surface area (Å²) < 4.78 is 0. The summed E-state index contributed by atoms with van der Waals surface area (Å²) in [7, 11) is 0. The van der Waals surface area contributed by atoms with E-state index in [1.807, 2.05) is 19.9 Å². The van der Waals surface area contributed by atoms with Crippen molar-refractivity contribution in [2.24, 2.45) is 5.92 Å². The fraction of sp³-hybridized carbons (Fsp3) is 0.333. The van der Waals surface area contributed by atoms with Gasteiger partial charge in [0.1, 0.15) is 0 Å². The zero-order valence-corrected chi connectivity index (χ0v) is 8.83. The van der Waals surface area contributed by atoms with E-state index in [0.29, 0.717) is 17.7 Å². The molecule has 1 aliphatic rings. The highest BCUT2D eigenvalue weighted by molar-refractivity contribution is 6.03. The summed E-state index contributed by atoms with van der Waals surface area (Å²) >= 11 is 0. The van der Waals surface area contributed by atoms with Crippen LogP contribution >= 0.6 is 0 Å². The minimum Gasteiger partial charge on any atom is -0.348 e. The van der Waals surface area contributed by atoms with Crippen LogP contribution in [0.4, 0.5) is 0 Å². The first-order valence-electron chi connectivity index (χ1n) is 5.05. The van der Waals surface area contributed by atoms with E-state index >= 15 is 0 Å². The van der Waals surface area contributed by atoms with Gasteiger partial charge < -0.3 is 5.32 Å². The van der Waals surface area contributed by atoms with E-state index in [-0.39, 0.29) is 17.6 Å². The standard InChI is InChI=1S/C12H13NO2/c1-7(2)11(14)8-3-4-9-6-13-12(15)10(9)5-8/h3-5,7H,6H2,1-2H3,(H,13,15). The largest absolute Gasteiger partial charge is 0.348 e. The van der Waals surface area contributed by atoms with E-state index < -0.39 is 0 Å². The fourth-order valence-electron chi connectivity index (χ4n) is 1.70. The predicted octanol–water partition coefficient (Wildman–Crippen LogP) is 1.77. The summed E-state index contributed by atoms with van der Waals surface area (Å²) in [6, 6.07) is 5.34. The first-order valence-corrected chi connectivity index (χ1v) is 5.05. The Morgan fingerprint density at radius 1 is 1.40 bits per heavy atom. The van der Waals surface area contributed by atoms with Gasteiger partial charge in [0.05, 0.1) is 0 Å². The normalized spacial score (nSPS) is 13.9. The van der Waals surface area contributed by atoms with Crippen molar-refractivity contribution in [3.8, 4) is 0 Å². The maximum absolute atomic E-state index is 11.7. The summed E-state index contributed by atoms with van der Waals surface area (Å²) in [5, 5.41) is 2.73. The third-order valence-electron chi connectivity index (χ3n) is 2.60. The van der Waals surface area contributed by atoms with Crippen molar-refractivity contribution >= 4 is 11.7 Å². The van der Waals surface area contributed by atoms with Crippen LogP contribution in [0.3, 0.4) is 0 Å². The lowest BCUT2D eigenvalue weighted by Crippen LogP contribution is -2.13. The maximum atomic E-state index is 11.7. The third kappa shape index (κ3) is 1.65. The van der Waals surface area contributed by atoms with Crippen molar-refractivity contribution in [2.75, 3.05) is 0 Å². The average molecular weight is 203 g/mol. The average Bonchev–Trinajstić information content (AvgIpc) is 2.59. The number of benzene rings is 1. The summed E-state index contributed by atoms with van der Waals surface area (Å²) in [5.41, 5.74) is 2.24. The molecule has 0 unspecified atom stereocenters. The predicted molar refractivity (Wildman–Crippen MR) is 56.8 cm³/mol. The molecular weight excluding hydrogens is 190 g/mol. The Morgan fingerprint density at radius 3 is 2.80 bits per heavy atom. The molecule has 1 heterocycles. The summed E-state index contributed by atoms with van der Waals surface area (Å²) in [5.74, 6) is -0.0339. The van der Waals surface area contributed by atoms with Crippen LogP contribution in [-0.4, -0.2) is 11.7 Å². The van der Waals surface area contributed by atoms with Crippen LogP contribution in [0.5, 0.6) is 0 Å². The van der Waals surface area contributed by atoms with E-state index in [4.69, 9.17) is 0 Å². The molecule has 1 amide bonds. The second-order valence-corrected chi connectivity index (χ2v) is 4.07. The number of hydrogen-bond donors (Lipinski definition) is 1. The third-order valence-corrected chi connectivity index (χ3v) is 2.60. The second kappa shape index (κ2) is 3.50. The molecule has 0 saturated carbocycles. The number of ketones is 1. The Hall–Kier alpha value is -1.64. The molecule has 78 valence electrons. The highest BCUT2D eigenvalue weighted by Crippen LogP contribution is 2.19. The van der Waals surface area contributed by atoms with Crippen molar-refractivity contribution in [3.05, 3.63) is 34.9 Å². The highest BCUT2D eigenvalue weighted by atomic mass is 16.2. The minimum absolute atomic E-state index is 0.0347. The van der Waals surface area contributed by atoms with Crippen LogP contribution in [0.1, 0.15) is 40.1 Å². The number of fused-ring (bicyclic) bond motifs is 1. The molecule has 0 bridgehead atoms. The van der Waals surface area contributed by atoms with Gasteiger partial charge in [-0.15, -0.1) is 0 Å². The molecule has 3 heteroatoms. The Morgan fingerprint density at radius 2 is 2.13 bits per heavy atom. The molecule has 0 atom stereocenters. The Bertz CT molecular complexity index is 435. The summed E-state index contributed by atoms with van der Waals surface area (Å²) in [6.07, 6.45) is 0. The number of carbonyl (C=O) groups excluding carboxylic acids is 2. The fourth-order valence-corrected chi connectivity index (χ4v) is 1.70. The van der Waals surface area contributed by atoms with E-state index in [9.17, 15) is 9.59 Å². The zero-order chi connectivity index (χ0) is 11.0. The monoisotopic (exact) mass is 203 g/mol. The van der Waals surface area contributed by atoms with Gasteiger partial charge in [0.2, 0.25) is 0 Å². The number of hydrogen-bond acceptors (Lipinski definition) is 2. The van der Waals surface area contributed by atoms with E-state index in [1.165, 1.54) is 0 Å². The van der Waals surface area contributed by atoms with Gasteiger partial charge in [-0.2, -0.15) is 0 Å². The molecular formula is C12H13NO2. The van der Waals surface area contributed by atoms with Gasteiger partial charge in [0, 0.05) is 23.6 Å². The van der Waals surface area contributed by atoms with Gasteiger partial charge in [-0.25, -0.2) is 0 Å². The van der Waals surface area contributed by atoms with E-state index in [1.54, 1.807) is 12.1 Å². The van der Waals surface area contributed by atoms with Crippen molar-refractivity contribution in [3.63, 3.8) is 0 Å². The van der Waals surface area contributed by atoms with Gasteiger partial charge in [-0.3, -0.25) is 9.59 Å². The lowest BCUT2D eigenvalue weighted by molar-refractivity contribution is 0.0939. The Labute approximate surface area is 88.5 Å². The molecule has 0 radical (unpaired) electrons. The first-order chi connectivity index (χ1) is 7.09. The highest BCUT2D eigenvalue weighted by Gasteiger charge is 2.20. The van der Waals surface area contributed by atoms with Crippen molar-refractivity contribution < 1.29 is 9.59 Å². The van der Waals surface area contributed by atoms with Crippen LogP contribution in [0, 0.1) is 5.92 Å². The topological polar surface area (TPSA) is 46.2 Å². The van der Waals surface area contributed by atoms with Crippen LogP contribution in [0.25, 0.3) is 0 Å². The van der Waals surface area contributed by atoms with Gasteiger partial charge in [0.25, 0.3) is 5.91 Å². The van der Waals surface area contributed by atoms with Crippen LogP contribution in [-0.2, 0) is 6.54 Å². The maximum Gasteiger partial charge on any atom is 0.251 e. The Kier molecular flexibility index (Phi) is 2.31. The molecule has 0 saturated heterocycles. The van der Waals surface area contributed by atoms with Crippen molar-refractivity contribution in [2.45, 2.75) is 20.4 Å². The number of rotatable bonds is 2. The number of amides is 1. The van der Waals surface area contributed by atoms with Gasteiger partial charge in [-0.1, -0.05) is 26.0 Å². The quantitative estimate of drug-likeness (QED) is 0.744. The van der Waals surface area contributed by atoms with Crippen molar-refractivity contribution in [1.82, 2.24) is 5.32 Å². The molecule has 1 aliphatic heterocycles. The molecule has 0 spiro atoms. The summed E-state index contributed by atoms with van der Waals surface area (Å²) in [4.78, 5) is 23.1. The first kappa shape index (κ1) is 9.90. The SMILES string of the molecule is CC(C)C(=O)c1ccc2c(c1)C(=O)NC2. The van der Waals surface area contributed by atoms with Crippen LogP contribution < -0.4 is 5.32 Å². The number of carbonyl (C=O) groups is 2. The van der Waals surface area contributed by atoms with E-state index in [2.05, 4.69) is 5.32 Å². The zero-order valence-electron chi connectivity index (χ0n) is 8.83. The van der Waals surface area contributed by atoms with Crippen LogP contribution in [0.15, 0.2) is 18.2 Å². The molecule has 1 aromatic rings. The minimum atomic E-state index is -0.0802. The molecule has 0 aliphatic carbocycles. The molecule has 1 aromatic carbocycles. The number of Topliss-reactive ketones (excluding diaryl/α,β-unsaturated/α-hetero) is 1. The summed E-state index contributed by atoms with van der Waals surface area (Å²) in [6.45, 7) is 4.29. The second-order valence-electron chi connectivity index (χ2n) is 4.07. The molecule has 2 rings (SSSR count). The van der Waals surface area contributed by atoms with Gasteiger partial charge in [0.15, 0.2) is 5.78 Å². The van der Waals surface area contributed by atoms with Gasteiger partial charge in [-0.05, 0) is 11.6 Å². The smallest absolute Gasteiger partial charge is 0.251 e. The Balaban J connectivity index is 2.41. The molecule has 3 nitrogen and oxygen atoms in total. The van der Waals surface area contributed by atoms with E-state index in [0.717, 1.165) is 5.56 Å².